The minimum atomic E-state index is -0.518. The Bertz CT molecular complexity index is 1410. The zero-order valence-electron chi connectivity index (χ0n) is 19.2. The number of carbonyl (C=O) groups excluding carboxylic acids is 2. The van der Waals surface area contributed by atoms with E-state index in [0.29, 0.717) is 29.3 Å². The van der Waals surface area contributed by atoms with Crippen LogP contribution in [0.5, 0.6) is 5.75 Å². The molecule has 0 spiro atoms. The van der Waals surface area contributed by atoms with Gasteiger partial charge in [0.1, 0.15) is 23.9 Å². The van der Waals surface area contributed by atoms with Crippen LogP contribution in [0.15, 0.2) is 90.6 Å². The van der Waals surface area contributed by atoms with Gasteiger partial charge in [0.05, 0.1) is 6.61 Å². The predicted molar refractivity (Wildman–Crippen MR) is 137 cm³/mol. The first-order valence-corrected chi connectivity index (χ1v) is 11.2. The molecule has 0 bridgehead atoms. The highest BCUT2D eigenvalue weighted by Gasteiger charge is 2.14. The van der Waals surface area contributed by atoms with Crippen LogP contribution in [0.4, 0.5) is 11.4 Å². The van der Waals surface area contributed by atoms with Crippen LogP contribution in [0.3, 0.4) is 0 Å². The molecule has 4 rings (SSSR count). The van der Waals surface area contributed by atoms with Crippen molar-refractivity contribution in [3.8, 4) is 11.8 Å². The van der Waals surface area contributed by atoms with Crippen LogP contribution in [-0.4, -0.2) is 23.0 Å². The maximum Gasteiger partial charge on any atom is 0.266 e. The maximum atomic E-state index is 12.8. The second-order valence-corrected chi connectivity index (χ2v) is 7.73. The second-order valence-electron chi connectivity index (χ2n) is 7.73. The topological polar surface area (TPSA) is 96.2 Å². The Morgan fingerprint density at radius 2 is 1.63 bits per heavy atom. The van der Waals surface area contributed by atoms with Gasteiger partial charge in [0.2, 0.25) is 5.91 Å². The summed E-state index contributed by atoms with van der Waals surface area (Å²) in [5, 5.41) is 16.1. The first-order valence-electron chi connectivity index (χ1n) is 11.2. The molecule has 0 saturated heterocycles. The van der Waals surface area contributed by atoms with Crippen molar-refractivity contribution in [3.05, 3.63) is 96.2 Å². The number of nitrogens with one attached hydrogen (secondary N) is 2. The van der Waals surface area contributed by atoms with Crippen molar-refractivity contribution < 1.29 is 14.3 Å². The van der Waals surface area contributed by atoms with Gasteiger partial charge < -0.3 is 19.9 Å². The monoisotopic (exact) mass is 464 g/mol. The molecule has 0 atom stereocenters. The molecule has 3 aromatic carbocycles. The lowest BCUT2D eigenvalue weighted by atomic mass is 10.1. The van der Waals surface area contributed by atoms with E-state index in [0.717, 1.165) is 10.9 Å². The Kier molecular flexibility index (Phi) is 7.24. The van der Waals surface area contributed by atoms with Gasteiger partial charge >= 0.3 is 0 Å². The Morgan fingerprint density at radius 1 is 0.943 bits per heavy atom. The molecule has 0 fully saturated rings. The van der Waals surface area contributed by atoms with Crippen molar-refractivity contribution in [3.63, 3.8) is 0 Å². The van der Waals surface area contributed by atoms with E-state index in [2.05, 4.69) is 10.6 Å². The fourth-order valence-electron chi connectivity index (χ4n) is 3.70. The molecule has 7 nitrogen and oxygen atoms in total. The van der Waals surface area contributed by atoms with Gasteiger partial charge in [-0.1, -0.05) is 36.4 Å². The quantitative estimate of drug-likeness (QED) is 0.276. The van der Waals surface area contributed by atoms with Crippen molar-refractivity contribution in [2.45, 2.75) is 13.5 Å². The van der Waals surface area contributed by atoms with E-state index in [9.17, 15) is 14.9 Å². The van der Waals surface area contributed by atoms with Crippen LogP contribution in [0.2, 0.25) is 0 Å². The van der Waals surface area contributed by atoms with E-state index in [-0.39, 0.29) is 18.0 Å². The average molecular weight is 465 g/mol. The van der Waals surface area contributed by atoms with Gasteiger partial charge in [0.15, 0.2) is 0 Å². The fourth-order valence-corrected chi connectivity index (χ4v) is 3.70. The maximum absolute atomic E-state index is 12.8. The van der Waals surface area contributed by atoms with Gasteiger partial charge in [0.25, 0.3) is 5.91 Å². The summed E-state index contributed by atoms with van der Waals surface area (Å²) in [6.45, 7) is 2.53. The van der Waals surface area contributed by atoms with E-state index in [1.54, 1.807) is 35.0 Å². The number of aromatic nitrogens is 1. The van der Waals surface area contributed by atoms with Crippen LogP contribution >= 0.6 is 0 Å². The zero-order chi connectivity index (χ0) is 24.6. The lowest BCUT2D eigenvalue weighted by Crippen LogP contribution is -2.18. The predicted octanol–water partition coefficient (Wildman–Crippen LogP) is 5.22. The van der Waals surface area contributed by atoms with E-state index < -0.39 is 5.91 Å². The van der Waals surface area contributed by atoms with E-state index in [1.165, 1.54) is 6.08 Å². The smallest absolute Gasteiger partial charge is 0.266 e. The molecule has 0 aliphatic heterocycles. The Labute approximate surface area is 203 Å². The van der Waals surface area contributed by atoms with Crippen molar-refractivity contribution in [2.75, 3.05) is 17.2 Å². The lowest BCUT2D eigenvalue weighted by molar-refractivity contribution is -0.116. The number of rotatable bonds is 8. The molecule has 7 heteroatoms. The van der Waals surface area contributed by atoms with Crippen LogP contribution in [0, 0.1) is 11.3 Å². The first kappa shape index (κ1) is 23.3. The summed E-state index contributed by atoms with van der Waals surface area (Å²) in [5.41, 5.74) is 2.72. The van der Waals surface area contributed by atoms with Crippen LogP contribution < -0.4 is 15.4 Å². The van der Waals surface area contributed by atoms with Gasteiger partial charge in [-0.3, -0.25) is 9.59 Å². The summed E-state index contributed by atoms with van der Waals surface area (Å²) < 4.78 is 7.21. The normalized spacial score (nSPS) is 11.0. The average Bonchev–Trinajstić information content (AvgIpc) is 3.21. The van der Waals surface area contributed by atoms with Crippen LogP contribution in [0.1, 0.15) is 12.5 Å². The molecule has 0 aliphatic carbocycles. The highest BCUT2D eigenvalue weighted by Crippen LogP contribution is 2.24. The van der Waals surface area contributed by atoms with E-state index in [4.69, 9.17) is 4.74 Å². The van der Waals surface area contributed by atoms with Crippen LogP contribution in [0.25, 0.3) is 17.0 Å². The van der Waals surface area contributed by atoms with E-state index >= 15 is 0 Å². The molecule has 0 aliphatic rings. The van der Waals surface area contributed by atoms with Crippen molar-refractivity contribution in [1.82, 2.24) is 4.57 Å². The van der Waals surface area contributed by atoms with Gasteiger partial charge in [-0.05, 0) is 55.5 Å². The summed E-state index contributed by atoms with van der Waals surface area (Å²) in [5.74, 6) is 0.00204. The van der Waals surface area contributed by atoms with Gasteiger partial charge in [-0.15, -0.1) is 0 Å². The van der Waals surface area contributed by atoms with Gasteiger partial charge in [0, 0.05) is 34.0 Å². The lowest BCUT2D eigenvalue weighted by Gasteiger charge is -2.07. The number of amides is 2. The molecule has 2 amide bonds. The third-order valence-corrected chi connectivity index (χ3v) is 5.28. The number of para-hydroxylation sites is 2. The van der Waals surface area contributed by atoms with Crippen molar-refractivity contribution in [1.29, 1.82) is 5.26 Å². The zero-order valence-corrected chi connectivity index (χ0v) is 19.2. The largest absolute Gasteiger partial charge is 0.494 e. The number of hydrogen-bond donors (Lipinski definition) is 2. The van der Waals surface area contributed by atoms with Gasteiger partial charge in [-0.25, -0.2) is 0 Å². The molecule has 1 heterocycles. The minimum absolute atomic E-state index is 0.0458. The number of benzene rings is 3. The summed E-state index contributed by atoms with van der Waals surface area (Å²) in [4.78, 5) is 25.4. The summed E-state index contributed by atoms with van der Waals surface area (Å²) in [6, 6.07) is 25.7. The molecule has 0 unspecified atom stereocenters. The van der Waals surface area contributed by atoms with Crippen molar-refractivity contribution in [2.24, 2.45) is 0 Å². The summed E-state index contributed by atoms with van der Waals surface area (Å²) in [7, 11) is 0. The Morgan fingerprint density at radius 3 is 2.34 bits per heavy atom. The molecule has 35 heavy (non-hydrogen) atoms. The van der Waals surface area contributed by atoms with Crippen LogP contribution in [-0.2, 0) is 16.1 Å². The SMILES string of the molecule is CCOc1ccc(NC(=O)/C(C#N)=C/c2cn(CC(=O)Nc3ccccc3)c3ccccc23)cc1. The number of fused-ring (bicyclic) bond motifs is 1. The fraction of sp³-hybridized carbons (Fsp3) is 0.107. The number of nitrogens with zero attached hydrogens (tertiary/aromatic N) is 2. The summed E-state index contributed by atoms with van der Waals surface area (Å²) in [6.07, 6.45) is 3.31. The van der Waals surface area contributed by atoms with E-state index in [1.807, 2.05) is 67.6 Å². The molecular formula is C28H24N4O3. The highest BCUT2D eigenvalue weighted by molar-refractivity contribution is 6.10. The second kappa shape index (κ2) is 10.9. The minimum Gasteiger partial charge on any atom is -0.494 e. The molecule has 0 radical (unpaired) electrons. The number of anilines is 2. The number of ether oxygens (including phenoxy) is 1. The Balaban J connectivity index is 1.56. The Hall–Kier alpha value is -4.83. The standard InChI is InChI=1S/C28H24N4O3/c1-2-35-24-14-12-23(13-15-24)31-28(34)20(17-29)16-21-18-32(26-11-7-6-10-25(21)26)19-27(33)30-22-8-4-3-5-9-22/h3-16,18H,2,19H2,1H3,(H,30,33)(H,31,34)/b20-16+. The molecule has 0 saturated carbocycles. The number of carbonyl (C=O) groups is 2. The molecule has 174 valence electrons. The number of hydrogen-bond acceptors (Lipinski definition) is 4. The molecular weight excluding hydrogens is 440 g/mol. The highest BCUT2D eigenvalue weighted by atomic mass is 16.5. The number of nitriles is 1. The first-order chi connectivity index (χ1) is 17.1. The molecule has 2 N–H and O–H groups in total. The summed E-state index contributed by atoms with van der Waals surface area (Å²) >= 11 is 0. The molecule has 1 aromatic heterocycles. The third-order valence-electron chi connectivity index (χ3n) is 5.28. The van der Waals surface area contributed by atoms with Gasteiger partial charge in [-0.2, -0.15) is 5.26 Å². The third kappa shape index (κ3) is 5.75. The molecule has 4 aromatic rings. The van der Waals surface area contributed by atoms with Crippen molar-refractivity contribution >= 4 is 40.2 Å².